The van der Waals surface area contributed by atoms with E-state index in [0.29, 0.717) is 6.04 Å². The molecule has 0 aliphatic carbocycles. The number of hydrogen-bond acceptors (Lipinski definition) is 7. The third-order valence-corrected chi connectivity index (χ3v) is 8.41. The van der Waals surface area contributed by atoms with Crippen molar-refractivity contribution in [2.24, 2.45) is 0 Å². The van der Waals surface area contributed by atoms with Gasteiger partial charge in [0.1, 0.15) is 11.2 Å². The molecule has 0 spiro atoms. The van der Waals surface area contributed by atoms with Crippen LogP contribution in [0, 0.1) is 13.8 Å². The molecular weight excluding hydrogens is 418 g/mol. The highest BCUT2D eigenvalue weighted by Crippen LogP contribution is 2.44. The lowest BCUT2D eigenvalue weighted by Gasteiger charge is -2.45. The molecule has 0 saturated carbocycles. The average Bonchev–Trinajstić information content (AvgIpc) is 3.40. The topological polar surface area (TPSA) is 71.2 Å². The summed E-state index contributed by atoms with van der Waals surface area (Å²) in [7, 11) is 2.20. The zero-order valence-electron chi connectivity index (χ0n) is 19.3. The number of aryl methyl sites for hydroxylation is 2. The second-order valence-electron chi connectivity index (χ2n) is 10.3. The highest BCUT2D eigenvalue weighted by molar-refractivity contribution is 7.22. The van der Waals surface area contributed by atoms with Gasteiger partial charge in [0.15, 0.2) is 10.8 Å². The van der Waals surface area contributed by atoms with Crippen LogP contribution in [0.1, 0.15) is 50.9 Å². The molecule has 0 unspecified atom stereocenters. The lowest BCUT2D eigenvalue weighted by molar-refractivity contribution is 0.208. The summed E-state index contributed by atoms with van der Waals surface area (Å²) in [4.78, 5) is 21.3. The summed E-state index contributed by atoms with van der Waals surface area (Å²) in [6, 6.07) is 2.62. The van der Waals surface area contributed by atoms with Crippen LogP contribution in [0.25, 0.3) is 27.3 Å². The zero-order valence-corrected chi connectivity index (χ0v) is 20.1. The number of aromatic nitrogens is 5. The van der Waals surface area contributed by atoms with Crippen LogP contribution in [0.15, 0.2) is 24.7 Å². The Morgan fingerprint density at radius 2 is 1.81 bits per heavy atom. The molecule has 4 aromatic heterocycles. The van der Waals surface area contributed by atoms with Gasteiger partial charge in [0, 0.05) is 36.6 Å². The van der Waals surface area contributed by atoms with Gasteiger partial charge in [-0.25, -0.2) is 9.97 Å². The predicted molar refractivity (Wildman–Crippen MR) is 129 cm³/mol. The van der Waals surface area contributed by atoms with Crippen molar-refractivity contribution >= 4 is 32.3 Å². The van der Waals surface area contributed by atoms with Gasteiger partial charge in [-0.2, -0.15) is 0 Å². The van der Waals surface area contributed by atoms with E-state index < -0.39 is 0 Å². The highest BCUT2D eigenvalue weighted by atomic mass is 32.1. The van der Waals surface area contributed by atoms with Gasteiger partial charge in [0.2, 0.25) is 0 Å². The predicted octanol–water partition coefficient (Wildman–Crippen LogP) is 4.52. The molecule has 32 heavy (non-hydrogen) atoms. The molecule has 0 amide bonds. The molecule has 2 aliphatic heterocycles. The second-order valence-corrected chi connectivity index (χ2v) is 11.3. The monoisotopic (exact) mass is 447 g/mol. The van der Waals surface area contributed by atoms with E-state index in [4.69, 9.17) is 9.97 Å². The zero-order chi connectivity index (χ0) is 22.3. The van der Waals surface area contributed by atoms with Crippen molar-refractivity contribution in [3.05, 3.63) is 36.0 Å². The number of nitrogens with one attached hydrogen (secondary N) is 1. The van der Waals surface area contributed by atoms with Crippen LogP contribution in [0.5, 0.6) is 0 Å². The van der Waals surface area contributed by atoms with E-state index in [1.165, 1.54) is 12.8 Å². The molecule has 2 bridgehead atoms. The number of pyridine rings is 1. The van der Waals surface area contributed by atoms with Crippen molar-refractivity contribution in [2.75, 3.05) is 11.9 Å². The smallest absolute Gasteiger partial charge is 0.186 e. The molecule has 6 heterocycles. The van der Waals surface area contributed by atoms with Gasteiger partial charge >= 0.3 is 0 Å². The summed E-state index contributed by atoms with van der Waals surface area (Å²) in [5, 5.41) is 4.96. The molecule has 2 saturated heterocycles. The molecule has 2 fully saturated rings. The van der Waals surface area contributed by atoms with Crippen molar-refractivity contribution < 1.29 is 0 Å². The fraction of sp³-hybridized carbons (Fsp3) is 0.500. The number of piperidine rings is 1. The second kappa shape index (κ2) is 6.71. The molecule has 2 aliphatic rings. The first-order valence-electron chi connectivity index (χ1n) is 11.3. The number of fused-ring (bicyclic) bond motifs is 4. The molecule has 0 aromatic carbocycles. The highest BCUT2D eigenvalue weighted by Gasteiger charge is 2.49. The largest absolute Gasteiger partial charge is 0.348 e. The first-order valence-corrected chi connectivity index (χ1v) is 12.1. The maximum Gasteiger partial charge on any atom is 0.186 e. The molecule has 6 rings (SSSR count). The standard InChI is InChI=1S/C24H29N7S/c1-14-12-31-13-19(27-21(31)15(2)26-14)17-8-20-18(11-25-17)28-22(32-20)30(5)16-9-23(3)6-7-24(4,10-16)29-23/h8,11-13,16,29H,6-7,9-10H2,1-5H3/t16-,23+,24-. The Bertz CT molecular complexity index is 1340. The lowest BCUT2D eigenvalue weighted by Crippen LogP contribution is -2.58. The van der Waals surface area contributed by atoms with Gasteiger partial charge < -0.3 is 14.6 Å². The number of hydrogen-bond donors (Lipinski definition) is 1. The van der Waals surface area contributed by atoms with Crippen molar-refractivity contribution in [1.29, 1.82) is 0 Å². The van der Waals surface area contributed by atoms with E-state index in [2.05, 4.69) is 47.1 Å². The average molecular weight is 448 g/mol. The fourth-order valence-corrected chi connectivity index (χ4v) is 6.80. The Labute approximate surface area is 191 Å². The number of nitrogens with zero attached hydrogens (tertiary/aromatic N) is 6. The number of thiazole rings is 1. The van der Waals surface area contributed by atoms with Gasteiger partial charge in [-0.15, -0.1) is 0 Å². The van der Waals surface area contributed by atoms with E-state index in [9.17, 15) is 0 Å². The SMILES string of the molecule is Cc1cn2cc(-c3cc4sc(N(C)[C@@H]5C[C@]6(C)CC[C@](C)(C5)N6)nc4cn3)nc2c(C)n1. The van der Waals surface area contributed by atoms with E-state index >= 15 is 0 Å². The van der Waals surface area contributed by atoms with Crippen molar-refractivity contribution in [1.82, 2.24) is 29.7 Å². The number of imidazole rings is 1. The summed E-state index contributed by atoms with van der Waals surface area (Å²) in [6.07, 6.45) is 10.8. The van der Waals surface area contributed by atoms with Crippen LogP contribution in [0.2, 0.25) is 0 Å². The minimum atomic E-state index is 0.242. The van der Waals surface area contributed by atoms with Gasteiger partial charge in [-0.05, 0) is 59.4 Å². The quantitative estimate of drug-likeness (QED) is 0.498. The van der Waals surface area contributed by atoms with E-state index in [-0.39, 0.29) is 11.1 Å². The molecule has 7 nitrogen and oxygen atoms in total. The minimum Gasteiger partial charge on any atom is -0.348 e. The molecule has 8 heteroatoms. The molecule has 1 N–H and O–H groups in total. The number of rotatable bonds is 3. The first kappa shape index (κ1) is 20.1. The molecular formula is C24H29N7S. The van der Waals surface area contributed by atoms with Gasteiger partial charge in [0.25, 0.3) is 0 Å². The number of anilines is 1. The van der Waals surface area contributed by atoms with Gasteiger partial charge in [-0.3, -0.25) is 9.97 Å². The molecule has 4 aromatic rings. The maximum absolute atomic E-state index is 4.93. The summed E-state index contributed by atoms with van der Waals surface area (Å²) < 4.78 is 3.19. The Morgan fingerprint density at radius 1 is 1.06 bits per heavy atom. The van der Waals surface area contributed by atoms with Gasteiger partial charge in [0.05, 0.1) is 28.0 Å². The molecule has 3 atom stereocenters. The fourth-order valence-electron chi connectivity index (χ4n) is 5.79. The summed E-state index contributed by atoms with van der Waals surface area (Å²) >= 11 is 1.75. The van der Waals surface area contributed by atoms with Crippen LogP contribution < -0.4 is 10.2 Å². The van der Waals surface area contributed by atoms with Crippen LogP contribution in [-0.2, 0) is 0 Å². The van der Waals surface area contributed by atoms with E-state index in [0.717, 1.165) is 56.6 Å². The third kappa shape index (κ3) is 3.19. The lowest BCUT2D eigenvalue weighted by atomic mass is 9.84. The Balaban J connectivity index is 1.33. The van der Waals surface area contributed by atoms with Crippen LogP contribution >= 0.6 is 11.3 Å². The van der Waals surface area contributed by atoms with E-state index in [1.54, 1.807) is 11.3 Å². The third-order valence-electron chi connectivity index (χ3n) is 7.31. The van der Waals surface area contributed by atoms with Crippen LogP contribution in [0.3, 0.4) is 0 Å². The Morgan fingerprint density at radius 3 is 2.56 bits per heavy atom. The normalized spacial score (nSPS) is 27.5. The van der Waals surface area contributed by atoms with Crippen LogP contribution in [0.4, 0.5) is 5.13 Å². The van der Waals surface area contributed by atoms with Crippen molar-refractivity contribution in [3.8, 4) is 11.4 Å². The van der Waals surface area contributed by atoms with Crippen molar-refractivity contribution in [2.45, 2.75) is 70.5 Å². The minimum absolute atomic E-state index is 0.242. The van der Waals surface area contributed by atoms with Crippen LogP contribution in [-0.4, -0.2) is 48.5 Å². The summed E-state index contributed by atoms with van der Waals surface area (Å²) in [5.74, 6) is 0. The maximum atomic E-state index is 4.93. The Kier molecular flexibility index (Phi) is 4.21. The molecule has 0 radical (unpaired) electrons. The molecule has 166 valence electrons. The van der Waals surface area contributed by atoms with Crippen molar-refractivity contribution in [3.63, 3.8) is 0 Å². The summed E-state index contributed by atoms with van der Waals surface area (Å²) in [5.41, 5.74) is 5.95. The van der Waals surface area contributed by atoms with Gasteiger partial charge in [-0.1, -0.05) is 11.3 Å². The van der Waals surface area contributed by atoms with E-state index in [1.807, 2.05) is 36.8 Å². The Hall–Kier alpha value is -2.58. The summed E-state index contributed by atoms with van der Waals surface area (Å²) in [6.45, 7) is 8.75. The first-order chi connectivity index (χ1) is 15.2.